The SMILES string of the molecule is Cc1cnc(N2CCC3CCN(c4nccc(N(C)C)n4)CC32)s1. The number of fused-ring (bicyclic) bond motifs is 1. The minimum atomic E-state index is 0.524. The standard InChI is InChI=1S/C17H24N6S/c1-12-10-19-17(24-12)23-9-6-13-5-8-22(11-14(13)23)16-18-7-4-15(20-16)21(2)3/h4,7,10,13-14H,5-6,8-9,11H2,1-3H3. The Labute approximate surface area is 147 Å². The number of aryl methyl sites for hydroxylation is 1. The van der Waals surface area contributed by atoms with Gasteiger partial charge in [0.2, 0.25) is 5.95 Å². The number of thiazole rings is 1. The maximum absolute atomic E-state index is 4.72. The van der Waals surface area contributed by atoms with Gasteiger partial charge in [-0.2, -0.15) is 4.98 Å². The van der Waals surface area contributed by atoms with E-state index >= 15 is 0 Å². The van der Waals surface area contributed by atoms with Crippen LogP contribution in [-0.2, 0) is 0 Å². The zero-order valence-corrected chi connectivity index (χ0v) is 15.3. The first-order chi connectivity index (χ1) is 11.6. The Kier molecular flexibility index (Phi) is 4.04. The van der Waals surface area contributed by atoms with Crippen LogP contribution < -0.4 is 14.7 Å². The van der Waals surface area contributed by atoms with Crippen LogP contribution in [0.25, 0.3) is 0 Å². The molecule has 0 N–H and O–H groups in total. The summed E-state index contributed by atoms with van der Waals surface area (Å²) in [5, 5.41) is 1.17. The molecule has 2 saturated heterocycles. The number of nitrogens with zero attached hydrogens (tertiary/aromatic N) is 6. The minimum Gasteiger partial charge on any atom is -0.363 e. The van der Waals surface area contributed by atoms with E-state index in [9.17, 15) is 0 Å². The van der Waals surface area contributed by atoms with Crippen LogP contribution in [0.15, 0.2) is 18.5 Å². The summed E-state index contributed by atoms with van der Waals surface area (Å²) in [7, 11) is 4.03. The Bertz CT molecular complexity index is 715. The van der Waals surface area contributed by atoms with Crippen LogP contribution in [0.3, 0.4) is 0 Å². The highest BCUT2D eigenvalue weighted by molar-refractivity contribution is 7.15. The molecule has 0 amide bonds. The molecule has 7 heteroatoms. The monoisotopic (exact) mass is 344 g/mol. The second-order valence-electron chi connectivity index (χ2n) is 6.91. The van der Waals surface area contributed by atoms with Crippen molar-refractivity contribution in [2.45, 2.75) is 25.8 Å². The lowest BCUT2D eigenvalue weighted by Crippen LogP contribution is -2.49. The van der Waals surface area contributed by atoms with Gasteiger partial charge in [0.05, 0.1) is 6.04 Å². The van der Waals surface area contributed by atoms with Crippen molar-refractivity contribution in [3.05, 3.63) is 23.3 Å². The van der Waals surface area contributed by atoms with Crippen molar-refractivity contribution in [1.82, 2.24) is 15.0 Å². The fraction of sp³-hybridized carbons (Fsp3) is 0.588. The molecule has 0 aromatic carbocycles. The molecule has 0 aliphatic carbocycles. The molecule has 0 spiro atoms. The fourth-order valence-corrected chi connectivity index (χ4v) is 4.62. The van der Waals surface area contributed by atoms with E-state index in [4.69, 9.17) is 4.98 Å². The number of rotatable bonds is 3. The Balaban J connectivity index is 1.55. The van der Waals surface area contributed by atoms with Crippen molar-refractivity contribution in [2.24, 2.45) is 5.92 Å². The van der Waals surface area contributed by atoms with Crippen molar-refractivity contribution >= 4 is 28.2 Å². The largest absolute Gasteiger partial charge is 0.363 e. The third-order valence-electron chi connectivity index (χ3n) is 5.09. The molecule has 4 rings (SSSR count). The topological polar surface area (TPSA) is 48.4 Å². The molecule has 128 valence electrons. The second-order valence-corrected chi connectivity index (χ2v) is 8.12. The average molecular weight is 344 g/mol. The average Bonchev–Trinajstić information content (AvgIpc) is 3.20. The normalized spacial score (nSPS) is 23.5. The predicted octanol–water partition coefficient (Wildman–Crippen LogP) is 2.41. The van der Waals surface area contributed by atoms with Gasteiger partial charge >= 0.3 is 0 Å². The van der Waals surface area contributed by atoms with Crippen LogP contribution in [-0.4, -0.2) is 54.7 Å². The van der Waals surface area contributed by atoms with Crippen molar-refractivity contribution in [3.8, 4) is 0 Å². The Morgan fingerprint density at radius 2 is 2.04 bits per heavy atom. The predicted molar refractivity (Wildman–Crippen MR) is 99.3 cm³/mol. The summed E-state index contributed by atoms with van der Waals surface area (Å²) in [5.74, 6) is 2.57. The van der Waals surface area contributed by atoms with E-state index in [1.807, 2.05) is 37.5 Å². The molecule has 2 aliphatic heterocycles. The molecule has 0 radical (unpaired) electrons. The highest BCUT2D eigenvalue weighted by Gasteiger charge is 2.40. The van der Waals surface area contributed by atoms with Crippen molar-refractivity contribution in [3.63, 3.8) is 0 Å². The van der Waals surface area contributed by atoms with Crippen molar-refractivity contribution in [2.75, 3.05) is 48.4 Å². The third kappa shape index (κ3) is 2.81. The minimum absolute atomic E-state index is 0.524. The smallest absolute Gasteiger partial charge is 0.227 e. The molecule has 2 aromatic heterocycles. The fourth-order valence-electron chi connectivity index (χ4n) is 3.78. The van der Waals surface area contributed by atoms with Crippen LogP contribution in [0.5, 0.6) is 0 Å². The summed E-state index contributed by atoms with van der Waals surface area (Å²) in [5.41, 5.74) is 0. The Hall–Kier alpha value is -1.89. The van der Waals surface area contributed by atoms with E-state index in [0.29, 0.717) is 6.04 Å². The molecular weight excluding hydrogens is 320 g/mol. The molecule has 0 saturated carbocycles. The van der Waals surface area contributed by atoms with Crippen molar-refractivity contribution in [1.29, 1.82) is 0 Å². The summed E-state index contributed by atoms with van der Waals surface area (Å²) in [4.78, 5) is 22.0. The van der Waals surface area contributed by atoms with Crippen LogP contribution in [0, 0.1) is 12.8 Å². The molecule has 2 atom stereocenters. The van der Waals surface area contributed by atoms with Crippen LogP contribution in [0.2, 0.25) is 0 Å². The number of anilines is 3. The molecule has 0 bridgehead atoms. The number of hydrogen-bond acceptors (Lipinski definition) is 7. The molecule has 2 fully saturated rings. The van der Waals surface area contributed by atoms with E-state index in [-0.39, 0.29) is 0 Å². The molecule has 24 heavy (non-hydrogen) atoms. The van der Waals surface area contributed by atoms with Gasteiger partial charge in [0, 0.05) is 51.0 Å². The summed E-state index contributed by atoms with van der Waals surface area (Å²) in [6.45, 7) is 5.28. The summed E-state index contributed by atoms with van der Waals surface area (Å²) < 4.78 is 0. The highest BCUT2D eigenvalue weighted by Crippen LogP contribution is 2.37. The molecule has 2 aromatic rings. The molecule has 6 nitrogen and oxygen atoms in total. The van der Waals surface area contributed by atoms with E-state index in [1.165, 1.54) is 22.9 Å². The van der Waals surface area contributed by atoms with Gasteiger partial charge in [-0.05, 0) is 31.7 Å². The Morgan fingerprint density at radius 3 is 2.79 bits per heavy atom. The lowest BCUT2D eigenvalue weighted by molar-refractivity contribution is 0.387. The van der Waals surface area contributed by atoms with Gasteiger partial charge in [0.25, 0.3) is 0 Å². The summed E-state index contributed by atoms with van der Waals surface area (Å²) in [6, 6.07) is 2.48. The quantitative estimate of drug-likeness (QED) is 0.852. The summed E-state index contributed by atoms with van der Waals surface area (Å²) in [6.07, 6.45) is 6.33. The zero-order valence-electron chi connectivity index (χ0n) is 14.5. The van der Waals surface area contributed by atoms with Gasteiger partial charge in [-0.3, -0.25) is 0 Å². The third-order valence-corrected chi connectivity index (χ3v) is 6.04. The summed E-state index contributed by atoms with van der Waals surface area (Å²) >= 11 is 1.80. The van der Waals surface area contributed by atoms with Gasteiger partial charge in [-0.25, -0.2) is 9.97 Å². The maximum atomic E-state index is 4.72. The van der Waals surface area contributed by atoms with Gasteiger partial charge in [0.1, 0.15) is 5.82 Å². The number of hydrogen-bond donors (Lipinski definition) is 0. The first-order valence-electron chi connectivity index (χ1n) is 8.56. The molecular formula is C17H24N6S. The lowest BCUT2D eigenvalue weighted by Gasteiger charge is -2.38. The van der Waals surface area contributed by atoms with Gasteiger partial charge in [0.15, 0.2) is 5.13 Å². The Morgan fingerprint density at radius 1 is 1.21 bits per heavy atom. The van der Waals surface area contributed by atoms with Crippen LogP contribution >= 0.6 is 11.3 Å². The molecule has 2 unspecified atom stereocenters. The van der Waals surface area contributed by atoms with Gasteiger partial charge in [-0.1, -0.05) is 0 Å². The first-order valence-corrected chi connectivity index (χ1v) is 9.38. The first kappa shape index (κ1) is 15.6. The lowest BCUT2D eigenvalue weighted by atomic mass is 9.92. The van der Waals surface area contributed by atoms with E-state index < -0.39 is 0 Å². The number of aromatic nitrogens is 3. The van der Waals surface area contributed by atoms with E-state index in [1.54, 1.807) is 11.3 Å². The molecule has 2 aliphatic rings. The number of piperidine rings is 1. The second kappa shape index (κ2) is 6.20. The molecule has 4 heterocycles. The maximum Gasteiger partial charge on any atom is 0.227 e. The highest BCUT2D eigenvalue weighted by atomic mass is 32.1. The van der Waals surface area contributed by atoms with Crippen LogP contribution in [0.4, 0.5) is 16.9 Å². The van der Waals surface area contributed by atoms with Crippen LogP contribution in [0.1, 0.15) is 17.7 Å². The van der Waals surface area contributed by atoms with E-state index in [2.05, 4.69) is 26.7 Å². The van der Waals surface area contributed by atoms with Crippen molar-refractivity contribution < 1.29 is 0 Å². The zero-order chi connectivity index (χ0) is 16.7. The van der Waals surface area contributed by atoms with Gasteiger partial charge < -0.3 is 14.7 Å². The van der Waals surface area contributed by atoms with E-state index in [0.717, 1.165) is 37.3 Å². The van der Waals surface area contributed by atoms with Gasteiger partial charge in [-0.15, -0.1) is 11.3 Å².